The lowest BCUT2D eigenvalue weighted by Crippen LogP contribution is -2.41. The first-order valence-electron chi connectivity index (χ1n) is 9.27. The van der Waals surface area contributed by atoms with Crippen LogP contribution in [0.25, 0.3) is 0 Å². The molecule has 4 rings (SSSR count). The van der Waals surface area contributed by atoms with Crippen molar-refractivity contribution < 1.29 is 4.79 Å². The van der Waals surface area contributed by atoms with E-state index in [1.165, 1.54) is 5.56 Å². The molecule has 1 aromatic heterocycles. The molecule has 2 aromatic rings. The van der Waals surface area contributed by atoms with Crippen LogP contribution < -0.4 is 10.6 Å². The number of hydrogen-bond acceptors (Lipinski definition) is 3. The lowest BCUT2D eigenvalue weighted by atomic mass is 10.1. The van der Waals surface area contributed by atoms with Gasteiger partial charge in [-0.2, -0.15) is 5.10 Å². The molecule has 1 aliphatic carbocycles. The lowest BCUT2D eigenvalue weighted by molar-refractivity contribution is 0.232. The number of carbonyl (C=O) groups excluding carboxylic acids is 1. The summed E-state index contributed by atoms with van der Waals surface area (Å²) in [5, 5.41) is 10.6. The number of benzene rings is 1. The maximum absolute atomic E-state index is 12.3. The number of fused-ring (bicyclic) bond motifs is 1. The molecule has 1 aliphatic heterocycles. The van der Waals surface area contributed by atoms with Gasteiger partial charge in [0.15, 0.2) is 5.82 Å². The van der Waals surface area contributed by atoms with Crippen LogP contribution >= 0.6 is 0 Å². The Balaban J connectivity index is 1.28. The van der Waals surface area contributed by atoms with E-state index in [0.29, 0.717) is 11.8 Å². The van der Waals surface area contributed by atoms with E-state index in [0.717, 1.165) is 50.4 Å². The number of hydrogen-bond donors (Lipinski definition) is 2. The number of nitrogens with one attached hydrogen (secondary N) is 2. The second-order valence-corrected chi connectivity index (χ2v) is 7.03. The Bertz CT molecular complexity index is 742. The average Bonchev–Trinajstić information content (AvgIpc) is 3.30. The van der Waals surface area contributed by atoms with Crippen molar-refractivity contribution in [3.63, 3.8) is 0 Å². The molecule has 0 bridgehead atoms. The Morgan fingerprint density at radius 2 is 2.16 bits per heavy atom. The van der Waals surface area contributed by atoms with Crippen LogP contribution in [0.5, 0.6) is 0 Å². The number of rotatable bonds is 5. The quantitative estimate of drug-likeness (QED) is 0.880. The van der Waals surface area contributed by atoms with Crippen LogP contribution in [-0.2, 0) is 13.0 Å². The van der Waals surface area contributed by atoms with E-state index < -0.39 is 0 Å². The first-order chi connectivity index (χ1) is 12.2. The van der Waals surface area contributed by atoms with E-state index >= 15 is 0 Å². The van der Waals surface area contributed by atoms with Gasteiger partial charge in [-0.05, 0) is 36.7 Å². The molecular formula is C19H25N5O. The zero-order valence-corrected chi connectivity index (χ0v) is 14.6. The van der Waals surface area contributed by atoms with Gasteiger partial charge in [0.25, 0.3) is 0 Å². The molecule has 0 saturated heterocycles. The molecule has 2 amide bonds. The lowest BCUT2D eigenvalue weighted by Gasteiger charge is -2.23. The minimum Gasteiger partial charge on any atom is -0.338 e. The van der Waals surface area contributed by atoms with Crippen molar-refractivity contribution in [3.05, 3.63) is 47.5 Å². The molecule has 2 N–H and O–H groups in total. The molecule has 2 heterocycles. The van der Waals surface area contributed by atoms with E-state index in [1.54, 1.807) is 0 Å². The Labute approximate surface area is 148 Å². The Morgan fingerprint density at radius 3 is 2.96 bits per heavy atom. The highest BCUT2D eigenvalue weighted by atomic mass is 16.2. The van der Waals surface area contributed by atoms with Gasteiger partial charge in [-0.1, -0.05) is 37.3 Å². The van der Waals surface area contributed by atoms with Crippen LogP contribution in [0.2, 0.25) is 0 Å². The van der Waals surface area contributed by atoms with Gasteiger partial charge in [0, 0.05) is 19.5 Å². The predicted molar refractivity (Wildman–Crippen MR) is 95.2 cm³/mol. The monoisotopic (exact) mass is 339 g/mol. The third kappa shape index (κ3) is 3.52. The van der Waals surface area contributed by atoms with Crippen molar-refractivity contribution in [2.75, 3.05) is 6.54 Å². The van der Waals surface area contributed by atoms with Crippen molar-refractivity contribution in [3.8, 4) is 0 Å². The van der Waals surface area contributed by atoms with Crippen molar-refractivity contribution in [1.82, 2.24) is 25.4 Å². The molecule has 1 saturated carbocycles. The second-order valence-electron chi connectivity index (χ2n) is 7.03. The summed E-state index contributed by atoms with van der Waals surface area (Å²) in [6.45, 7) is 3.67. The fourth-order valence-corrected chi connectivity index (χ4v) is 3.70. The predicted octanol–water partition coefficient (Wildman–Crippen LogP) is 2.78. The van der Waals surface area contributed by atoms with Gasteiger partial charge in [-0.15, -0.1) is 0 Å². The molecule has 6 nitrogen and oxygen atoms in total. The zero-order chi connectivity index (χ0) is 17.2. The van der Waals surface area contributed by atoms with E-state index in [4.69, 9.17) is 0 Å². The average molecular weight is 339 g/mol. The largest absolute Gasteiger partial charge is 0.338 e. The van der Waals surface area contributed by atoms with E-state index in [2.05, 4.69) is 51.9 Å². The molecule has 1 fully saturated rings. The van der Waals surface area contributed by atoms with Crippen LogP contribution in [0.4, 0.5) is 4.79 Å². The van der Waals surface area contributed by atoms with Gasteiger partial charge in [0.05, 0.1) is 6.04 Å². The molecule has 3 atom stereocenters. The summed E-state index contributed by atoms with van der Waals surface area (Å²) in [5.74, 6) is 2.89. The summed E-state index contributed by atoms with van der Waals surface area (Å²) < 4.78 is 1.94. The highest BCUT2D eigenvalue weighted by Crippen LogP contribution is 2.46. The van der Waals surface area contributed by atoms with Gasteiger partial charge < -0.3 is 10.6 Å². The first-order valence-corrected chi connectivity index (χ1v) is 9.27. The summed E-state index contributed by atoms with van der Waals surface area (Å²) in [7, 11) is 0. The molecule has 0 spiro atoms. The van der Waals surface area contributed by atoms with Gasteiger partial charge in [0.1, 0.15) is 5.82 Å². The number of amides is 2. The van der Waals surface area contributed by atoms with Crippen LogP contribution in [-0.4, -0.2) is 27.3 Å². The summed E-state index contributed by atoms with van der Waals surface area (Å²) in [6.07, 6.45) is 3.91. The van der Waals surface area contributed by atoms with Crippen LogP contribution in [0.1, 0.15) is 55.4 Å². The van der Waals surface area contributed by atoms with Crippen LogP contribution in [0, 0.1) is 5.92 Å². The number of carbonyl (C=O) groups is 1. The minimum absolute atomic E-state index is 0.0364. The molecule has 1 aromatic carbocycles. The van der Waals surface area contributed by atoms with Crippen LogP contribution in [0.3, 0.4) is 0 Å². The van der Waals surface area contributed by atoms with Gasteiger partial charge in [-0.25, -0.2) is 14.5 Å². The summed E-state index contributed by atoms with van der Waals surface area (Å²) in [5.41, 5.74) is 1.38. The third-order valence-electron chi connectivity index (χ3n) is 5.22. The molecule has 0 radical (unpaired) electrons. The number of nitrogens with zero attached hydrogens (tertiary/aromatic N) is 3. The second kappa shape index (κ2) is 6.86. The van der Waals surface area contributed by atoms with E-state index in [1.807, 2.05) is 10.7 Å². The van der Waals surface area contributed by atoms with Crippen molar-refractivity contribution >= 4 is 6.03 Å². The molecule has 25 heavy (non-hydrogen) atoms. The van der Waals surface area contributed by atoms with Gasteiger partial charge >= 0.3 is 6.03 Å². The van der Waals surface area contributed by atoms with Gasteiger partial charge in [-0.3, -0.25) is 0 Å². The number of urea groups is 1. The maximum atomic E-state index is 12.3. The minimum atomic E-state index is -0.0989. The normalized spacial score (nSPS) is 24.4. The zero-order valence-electron chi connectivity index (χ0n) is 14.6. The standard InChI is InChI=1S/C19H25N5O/c1-2-17-22-18-16(9-6-10-24(18)23-17)21-19(25)20-12-14-11-15(14)13-7-4-3-5-8-13/h3-5,7-8,14-16H,2,6,9-12H2,1H3,(H2,20,21,25). The molecular weight excluding hydrogens is 314 g/mol. The SMILES string of the molecule is CCc1nc2n(n1)CCCC2NC(=O)NCC1CC1c1ccccc1. The smallest absolute Gasteiger partial charge is 0.315 e. The maximum Gasteiger partial charge on any atom is 0.315 e. The Kier molecular flexibility index (Phi) is 4.42. The number of aryl methyl sites for hydroxylation is 2. The first kappa shape index (κ1) is 16.1. The molecule has 3 unspecified atom stereocenters. The summed E-state index contributed by atoms with van der Waals surface area (Å²) in [4.78, 5) is 16.9. The van der Waals surface area contributed by atoms with Crippen molar-refractivity contribution in [2.45, 2.75) is 51.1 Å². The van der Waals surface area contributed by atoms with E-state index in [9.17, 15) is 4.79 Å². The fourth-order valence-electron chi connectivity index (χ4n) is 3.70. The highest BCUT2D eigenvalue weighted by Gasteiger charge is 2.38. The van der Waals surface area contributed by atoms with Crippen molar-refractivity contribution in [1.29, 1.82) is 0 Å². The Hall–Kier alpha value is -2.37. The summed E-state index contributed by atoms with van der Waals surface area (Å²) in [6, 6.07) is 10.4. The molecule has 2 aliphatic rings. The molecule has 6 heteroatoms. The summed E-state index contributed by atoms with van der Waals surface area (Å²) >= 11 is 0. The molecule has 132 valence electrons. The van der Waals surface area contributed by atoms with E-state index in [-0.39, 0.29) is 12.1 Å². The Morgan fingerprint density at radius 1 is 1.32 bits per heavy atom. The highest BCUT2D eigenvalue weighted by molar-refractivity contribution is 5.74. The fraction of sp³-hybridized carbons (Fsp3) is 0.526. The topological polar surface area (TPSA) is 71.8 Å². The third-order valence-corrected chi connectivity index (χ3v) is 5.22. The number of aromatic nitrogens is 3. The van der Waals surface area contributed by atoms with Crippen molar-refractivity contribution in [2.24, 2.45) is 5.92 Å². The van der Waals surface area contributed by atoms with Crippen LogP contribution in [0.15, 0.2) is 30.3 Å². The van der Waals surface area contributed by atoms with Gasteiger partial charge in [0.2, 0.25) is 0 Å².